The van der Waals surface area contributed by atoms with Crippen molar-refractivity contribution in [3.63, 3.8) is 0 Å². The van der Waals surface area contributed by atoms with E-state index in [2.05, 4.69) is 0 Å². The van der Waals surface area contributed by atoms with Crippen LogP contribution in [0.4, 0.5) is 5.69 Å². The Kier molecular flexibility index (Phi) is 8.21. The highest BCUT2D eigenvalue weighted by atomic mass is 16.8. The van der Waals surface area contributed by atoms with Crippen LogP contribution < -0.4 is 9.96 Å². The zero-order valence-electron chi connectivity index (χ0n) is 16.6. The molecule has 10 atom stereocenters. The Hall–Kier alpha value is -1.66. The molecule has 1 aromatic rings. The monoisotopic (exact) mass is 464 g/mol. The fourth-order valence-corrected chi connectivity index (χ4v) is 3.42. The molecule has 2 fully saturated rings. The average Bonchev–Trinajstić information content (AvgIpc) is 2.78. The van der Waals surface area contributed by atoms with E-state index < -0.39 is 74.6 Å². The molecule has 3 rings (SSSR count). The number of hydrogen-bond acceptors (Lipinski definition) is 14. The topological polar surface area (TPSA) is 225 Å². The van der Waals surface area contributed by atoms with Crippen LogP contribution in [0.5, 0.6) is 5.75 Å². The molecule has 32 heavy (non-hydrogen) atoms. The summed E-state index contributed by atoms with van der Waals surface area (Å²) < 4.78 is 21.8. The Bertz CT molecular complexity index is 719. The van der Waals surface area contributed by atoms with E-state index in [0.717, 1.165) is 0 Å². The Balaban J connectivity index is 1.81. The fourth-order valence-electron chi connectivity index (χ4n) is 3.42. The fraction of sp³-hybridized carbons (Fsp3) is 0.667. The maximum Gasteiger partial charge on any atom is 0.229 e. The van der Waals surface area contributed by atoms with E-state index in [1.807, 2.05) is 0 Å². The molecule has 0 aromatic heterocycles. The molecule has 1 aromatic carbocycles. The smallest absolute Gasteiger partial charge is 0.229 e. The lowest BCUT2D eigenvalue weighted by atomic mass is 9.97. The van der Waals surface area contributed by atoms with Gasteiger partial charge in [0.05, 0.1) is 18.9 Å². The molecular formula is C18H26NO13-. The van der Waals surface area contributed by atoms with Gasteiger partial charge in [0.2, 0.25) is 6.29 Å². The van der Waals surface area contributed by atoms with E-state index >= 15 is 0 Å². The van der Waals surface area contributed by atoms with Crippen molar-refractivity contribution in [2.45, 2.75) is 61.4 Å². The minimum absolute atomic E-state index is 0.0864. The summed E-state index contributed by atoms with van der Waals surface area (Å²) in [7, 11) is 0. The Labute approximate surface area is 181 Å². The molecule has 14 nitrogen and oxygen atoms in total. The first kappa shape index (κ1) is 25.0. The Morgan fingerprint density at radius 1 is 0.781 bits per heavy atom. The van der Waals surface area contributed by atoms with E-state index in [-0.39, 0.29) is 16.7 Å². The summed E-state index contributed by atoms with van der Waals surface area (Å²) in [4.78, 5) is 0. The lowest BCUT2D eigenvalue weighted by Crippen LogP contribution is -2.65. The Morgan fingerprint density at radius 3 is 1.84 bits per heavy atom. The summed E-state index contributed by atoms with van der Waals surface area (Å²) in [6.45, 7) is -1.39. The van der Waals surface area contributed by atoms with Crippen molar-refractivity contribution in [1.29, 1.82) is 0 Å². The quantitative estimate of drug-likeness (QED) is 0.182. The van der Waals surface area contributed by atoms with Gasteiger partial charge in [-0.2, -0.15) is 0 Å². The predicted molar refractivity (Wildman–Crippen MR) is 101 cm³/mol. The van der Waals surface area contributed by atoms with Crippen molar-refractivity contribution in [2.24, 2.45) is 0 Å². The number of hydrogen-bond donors (Lipinski definition) is 8. The molecule has 2 heterocycles. The van der Waals surface area contributed by atoms with Gasteiger partial charge in [-0.15, -0.1) is 0 Å². The van der Waals surface area contributed by atoms with Crippen molar-refractivity contribution < 1.29 is 59.9 Å². The maximum atomic E-state index is 10.9. The number of aliphatic hydroxyl groups is 7. The van der Waals surface area contributed by atoms with E-state index in [1.165, 1.54) is 24.3 Å². The van der Waals surface area contributed by atoms with E-state index in [1.54, 1.807) is 0 Å². The number of ether oxygens (including phenoxy) is 4. The van der Waals surface area contributed by atoms with Crippen molar-refractivity contribution in [1.82, 2.24) is 0 Å². The molecule has 2 saturated heterocycles. The molecule has 2 aliphatic rings. The second-order valence-corrected chi connectivity index (χ2v) is 7.39. The zero-order chi connectivity index (χ0) is 23.6. The van der Waals surface area contributed by atoms with Gasteiger partial charge < -0.3 is 65.1 Å². The van der Waals surface area contributed by atoms with E-state index in [0.29, 0.717) is 0 Å². The summed E-state index contributed by atoms with van der Waals surface area (Å²) in [5.74, 6) is 0.0864. The van der Waals surface area contributed by atoms with Crippen LogP contribution in [0, 0.1) is 5.21 Å². The lowest BCUT2D eigenvalue weighted by Gasteiger charge is -2.45. The van der Waals surface area contributed by atoms with Gasteiger partial charge in [0.1, 0.15) is 48.5 Å². The summed E-state index contributed by atoms with van der Waals surface area (Å²) in [5.41, 5.74) is -0.0975. The van der Waals surface area contributed by atoms with Crippen LogP contribution in [0.1, 0.15) is 0 Å². The molecule has 0 saturated carbocycles. The van der Waals surface area contributed by atoms with Gasteiger partial charge in [-0.1, -0.05) is 0 Å². The van der Waals surface area contributed by atoms with Crippen LogP contribution in [0.25, 0.3) is 0 Å². The summed E-state index contributed by atoms with van der Waals surface area (Å²) in [6.07, 6.45) is -15.7. The second-order valence-electron chi connectivity index (χ2n) is 7.39. The van der Waals surface area contributed by atoms with E-state index in [9.17, 15) is 41.0 Å². The SMILES string of the molecule is [O-]N(O)c1ccc(O[C@H]2O[C@H](CO)[C@@H](O)[C@@H](O)[C@H]2O[C@@H]2O[C@H](CO)[C@@H](O)[C@H](O)[C@H]2O)cc1. The molecule has 8 N–H and O–H groups in total. The molecule has 182 valence electrons. The predicted octanol–water partition coefficient (Wildman–Crippen LogP) is -3.62. The molecule has 0 aliphatic carbocycles. The van der Waals surface area contributed by atoms with Crippen molar-refractivity contribution >= 4 is 5.69 Å². The van der Waals surface area contributed by atoms with Gasteiger partial charge >= 0.3 is 0 Å². The third-order valence-electron chi connectivity index (χ3n) is 5.27. The second kappa shape index (κ2) is 10.5. The van der Waals surface area contributed by atoms with Crippen LogP contribution in [0.15, 0.2) is 24.3 Å². The normalized spacial score (nSPS) is 40.2. The number of nitrogens with zero attached hydrogens (tertiary/aromatic N) is 1. The molecule has 0 radical (unpaired) electrons. The highest BCUT2D eigenvalue weighted by molar-refractivity contribution is 5.47. The highest BCUT2D eigenvalue weighted by Crippen LogP contribution is 2.31. The maximum absolute atomic E-state index is 10.9. The third kappa shape index (κ3) is 5.12. The molecule has 0 bridgehead atoms. The molecule has 2 aliphatic heterocycles. The van der Waals surface area contributed by atoms with Gasteiger partial charge in [-0.05, 0) is 24.3 Å². The van der Waals surface area contributed by atoms with Crippen LogP contribution in [-0.4, -0.2) is 116 Å². The lowest BCUT2D eigenvalue weighted by molar-refractivity contribution is -0.357. The largest absolute Gasteiger partial charge is 0.733 e. The van der Waals surface area contributed by atoms with Crippen LogP contribution in [0.2, 0.25) is 0 Å². The first-order valence-corrected chi connectivity index (χ1v) is 9.69. The number of benzene rings is 1. The zero-order valence-corrected chi connectivity index (χ0v) is 16.6. The molecule has 14 heteroatoms. The summed E-state index contributed by atoms with van der Waals surface area (Å²) >= 11 is 0. The summed E-state index contributed by atoms with van der Waals surface area (Å²) in [6, 6.07) is 5.01. The average molecular weight is 464 g/mol. The molecule has 0 unspecified atom stereocenters. The number of rotatable bonds is 7. The molecule has 0 amide bonds. The highest BCUT2D eigenvalue weighted by Gasteiger charge is 2.51. The van der Waals surface area contributed by atoms with Crippen molar-refractivity contribution in [3.8, 4) is 5.75 Å². The number of aliphatic hydroxyl groups excluding tert-OH is 7. The Morgan fingerprint density at radius 2 is 1.31 bits per heavy atom. The van der Waals surface area contributed by atoms with E-state index in [4.69, 9.17) is 24.2 Å². The van der Waals surface area contributed by atoms with Crippen LogP contribution in [0.3, 0.4) is 0 Å². The standard InChI is InChI=1S/C18H26NO13/c20-5-9-11(22)13(24)15(26)17(30-9)32-16-14(25)12(23)10(6-21)31-18(16)29-8-3-1-7(2-4-8)19(27)28/h1-4,9-18,20-27H,5-6H2/q-1/t9-,10-,11-,12-,13+,14-,15-,16-,17+,18+/m1/s1. The van der Waals surface area contributed by atoms with Crippen molar-refractivity contribution in [3.05, 3.63) is 29.5 Å². The molecular weight excluding hydrogens is 438 g/mol. The van der Waals surface area contributed by atoms with Crippen molar-refractivity contribution in [2.75, 3.05) is 18.4 Å². The van der Waals surface area contributed by atoms with Gasteiger partial charge in [-0.25, -0.2) is 0 Å². The number of anilines is 1. The van der Waals surface area contributed by atoms with Gasteiger partial charge in [-0.3, -0.25) is 5.21 Å². The first-order valence-electron chi connectivity index (χ1n) is 9.69. The van der Waals surface area contributed by atoms with Gasteiger partial charge in [0, 0.05) is 0 Å². The van der Waals surface area contributed by atoms with Gasteiger partial charge in [0.25, 0.3) is 0 Å². The summed E-state index contributed by atoms with van der Waals surface area (Å²) in [5, 5.41) is 89.0. The van der Waals surface area contributed by atoms with Gasteiger partial charge in [0.15, 0.2) is 12.4 Å². The minimum Gasteiger partial charge on any atom is -0.733 e. The first-order chi connectivity index (χ1) is 15.2. The van der Waals surface area contributed by atoms with Crippen LogP contribution >= 0.6 is 0 Å². The minimum atomic E-state index is -1.79. The van der Waals surface area contributed by atoms with Crippen LogP contribution in [-0.2, 0) is 14.2 Å². The molecule has 0 spiro atoms. The third-order valence-corrected chi connectivity index (χ3v) is 5.27.